The topological polar surface area (TPSA) is 184 Å². The highest BCUT2D eigenvalue weighted by molar-refractivity contribution is 6.62. The lowest BCUT2D eigenvalue weighted by Crippen LogP contribution is -2.41. The first kappa shape index (κ1) is 45.1. The van der Waals surface area contributed by atoms with Crippen molar-refractivity contribution < 1.29 is 9.31 Å². The van der Waals surface area contributed by atoms with Crippen LogP contribution in [-0.2, 0) is 35.2 Å². The molecular formula is C50H54BClN10O2. The molecule has 0 atom stereocenters. The standard InChI is InChI=1S/C22H21N5.C16H21BN2O2.C12H12ClN3/c23-21-11-18(12-22(24)26-21)9-17-7-4-8-19(10-17)20-13-25-27(15-20)14-16-5-2-1-3-6-16;1-15(2)16(3,4)21-17(20-15)14-10-18-19(12-14)11-13-8-6-5-7-9-13;13-10-3-1-2-8(5-10)4-9-6-11(14)16-12(15)7-9/h1-8,10-13,15H,9,14H2,(H4,23,24,26);5-10,12H,11H2,1-4H3;1-3,5-7H,4H2,(H4,14,15,16). The van der Waals surface area contributed by atoms with Crippen LogP contribution in [0.4, 0.5) is 23.3 Å². The summed E-state index contributed by atoms with van der Waals surface area (Å²) in [5.74, 6) is 1.78. The second-order valence-corrected chi connectivity index (χ2v) is 17.2. The molecule has 1 aliphatic rings. The zero-order valence-corrected chi connectivity index (χ0v) is 37.4. The van der Waals surface area contributed by atoms with E-state index in [0.29, 0.717) is 23.3 Å². The number of hydrogen-bond acceptors (Lipinski definition) is 10. The van der Waals surface area contributed by atoms with E-state index in [0.717, 1.165) is 64.2 Å². The molecule has 0 radical (unpaired) electrons. The molecule has 0 aliphatic carbocycles. The van der Waals surface area contributed by atoms with Crippen molar-refractivity contribution >= 4 is 47.5 Å². The van der Waals surface area contributed by atoms with Crippen molar-refractivity contribution in [2.24, 2.45) is 0 Å². The summed E-state index contributed by atoms with van der Waals surface area (Å²) in [6, 6.07) is 44.1. The van der Waals surface area contributed by atoms with Crippen LogP contribution in [0.15, 0.2) is 158 Å². The fourth-order valence-corrected chi connectivity index (χ4v) is 7.37. The van der Waals surface area contributed by atoms with E-state index < -0.39 is 0 Å². The maximum atomic E-state index is 6.04. The Morgan fingerprint density at radius 3 is 1.47 bits per heavy atom. The van der Waals surface area contributed by atoms with Gasteiger partial charge in [0.2, 0.25) is 0 Å². The van der Waals surface area contributed by atoms with Gasteiger partial charge in [0.1, 0.15) is 23.3 Å². The summed E-state index contributed by atoms with van der Waals surface area (Å²) < 4.78 is 15.9. The number of nitrogens with two attached hydrogens (primary N) is 4. The number of pyridine rings is 2. The van der Waals surface area contributed by atoms with Gasteiger partial charge in [0.15, 0.2) is 0 Å². The molecule has 1 saturated heterocycles. The van der Waals surface area contributed by atoms with Gasteiger partial charge in [-0.15, -0.1) is 0 Å². The number of anilines is 4. The van der Waals surface area contributed by atoms with Crippen molar-refractivity contribution in [3.63, 3.8) is 0 Å². The summed E-state index contributed by atoms with van der Waals surface area (Å²) in [6.07, 6.45) is 9.31. The average Bonchev–Trinajstić information content (AvgIpc) is 3.96. The molecule has 0 spiro atoms. The molecule has 8 N–H and O–H groups in total. The third-order valence-corrected chi connectivity index (χ3v) is 11.2. The maximum absolute atomic E-state index is 6.04. The summed E-state index contributed by atoms with van der Waals surface area (Å²) in [5.41, 5.74) is 32.3. The van der Waals surface area contributed by atoms with Gasteiger partial charge in [-0.3, -0.25) is 9.36 Å². The van der Waals surface area contributed by atoms with E-state index in [4.69, 9.17) is 43.8 Å². The minimum absolute atomic E-state index is 0.320. The SMILES string of the molecule is CC1(C)OB(c2cnn(Cc3ccccc3)c2)OC1(C)C.Nc1cc(Cc2cccc(-c3cnn(Cc4ccccc4)c3)c2)cc(N)n1.Nc1cc(Cc2cccc(Cl)c2)cc(N)n1. The molecule has 1 fully saturated rings. The van der Waals surface area contributed by atoms with Gasteiger partial charge in [-0.2, -0.15) is 10.2 Å². The molecule has 8 aromatic rings. The number of rotatable bonds is 10. The minimum atomic E-state index is -0.348. The van der Waals surface area contributed by atoms with Gasteiger partial charge < -0.3 is 32.2 Å². The lowest BCUT2D eigenvalue weighted by molar-refractivity contribution is 0.00578. The van der Waals surface area contributed by atoms with Crippen LogP contribution in [0.2, 0.25) is 5.02 Å². The van der Waals surface area contributed by atoms with Gasteiger partial charge >= 0.3 is 7.12 Å². The van der Waals surface area contributed by atoms with Crippen LogP contribution < -0.4 is 28.4 Å². The van der Waals surface area contributed by atoms with E-state index in [2.05, 4.69) is 103 Å². The fraction of sp³-hybridized carbons (Fsp3) is 0.200. The number of benzene rings is 4. The van der Waals surface area contributed by atoms with E-state index in [1.165, 1.54) is 16.7 Å². The predicted molar refractivity (Wildman–Crippen MR) is 260 cm³/mol. The number of hydrogen-bond donors (Lipinski definition) is 4. The van der Waals surface area contributed by atoms with Crippen LogP contribution in [0.1, 0.15) is 61.1 Å². The highest BCUT2D eigenvalue weighted by Gasteiger charge is 2.52. The van der Waals surface area contributed by atoms with Crippen molar-refractivity contribution in [1.82, 2.24) is 29.5 Å². The average molecular weight is 873 g/mol. The monoisotopic (exact) mass is 872 g/mol. The highest BCUT2D eigenvalue weighted by atomic mass is 35.5. The normalized spacial score (nSPS) is 13.7. The summed E-state index contributed by atoms with van der Waals surface area (Å²) in [4.78, 5) is 7.95. The first-order valence-corrected chi connectivity index (χ1v) is 21.4. The second-order valence-electron chi connectivity index (χ2n) is 16.8. The first-order valence-electron chi connectivity index (χ1n) is 21.0. The van der Waals surface area contributed by atoms with E-state index in [9.17, 15) is 0 Å². The molecule has 0 unspecified atom stereocenters. The zero-order valence-electron chi connectivity index (χ0n) is 36.6. The van der Waals surface area contributed by atoms with Crippen molar-refractivity contribution in [2.75, 3.05) is 22.9 Å². The molecule has 12 nitrogen and oxygen atoms in total. The van der Waals surface area contributed by atoms with Gasteiger partial charge in [-0.1, -0.05) is 109 Å². The van der Waals surface area contributed by atoms with E-state index >= 15 is 0 Å². The van der Waals surface area contributed by atoms with Crippen LogP contribution in [0.3, 0.4) is 0 Å². The van der Waals surface area contributed by atoms with Crippen LogP contribution in [0, 0.1) is 0 Å². The summed E-state index contributed by atoms with van der Waals surface area (Å²) in [7, 11) is -0.348. The Morgan fingerprint density at radius 1 is 0.500 bits per heavy atom. The lowest BCUT2D eigenvalue weighted by atomic mass is 9.82. The van der Waals surface area contributed by atoms with E-state index in [1.807, 2.05) is 113 Å². The molecule has 4 aromatic carbocycles. The maximum Gasteiger partial charge on any atom is 0.498 e. The van der Waals surface area contributed by atoms with Crippen LogP contribution in [0.5, 0.6) is 0 Å². The van der Waals surface area contributed by atoms with Crippen molar-refractivity contribution in [3.8, 4) is 11.1 Å². The Balaban J connectivity index is 0.000000149. The van der Waals surface area contributed by atoms with E-state index in [-0.39, 0.29) is 18.3 Å². The molecular weight excluding hydrogens is 819 g/mol. The summed E-state index contributed by atoms with van der Waals surface area (Å²) >= 11 is 5.91. The smallest absolute Gasteiger partial charge is 0.399 e. The van der Waals surface area contributed by atoms with E-state index in [1.54, 1.807) is 0 Å². The van der Waals surface area contributed by atoms with Crippen LogP contribution in [0.25, 0.3) is 11.1 Å². The van der Waals surface area contributed by atoms with Crippen LogP contribution >= 0.6 is 11.6 Å². The molecule has 9 rings (SSSR count). The highest BCUT2D eigenvalue weighted by Crippen LogP contribution is 2.36. The number of nitrogens with zero attached hydrogens (tertiary/aromatic N) is 6. The molecule has 0 bridgehead atoms. The van der Waals surface area contributed by atoms with Crippen molar-refractivity contribution in [3.05, 3.63) is 197 Å². The molecule has 0 saturated carbocycles. The van der Waals surface area contributed by atoms with Gasteiger partial charge in [0.25, 0.3) is 0 Å². The van der Waals surface area contributed by atoms with Gasteiger partial charge in [0.05, 0.1) is 30.5 Å². The summed E-state index contributed by atoms with van der Waals surface area (Å²) in [6.45, 7) is 9.74. The third-order valence-electron chi connectivity index (χ3n) is 11.0. The molecule has 0 amide bonds. The molecule has 1 aliphatic heterocycles. The van der Waals surface area contributed by atoms with Crippen molar-refractivity contribution in [2.45, 2.75) is 64.8 Å². The Hall–Kier alpha value is -6.93. The van der Waals surface area contributed by atoms with Gasteiger partial charge in [-0.25, -0.2) is 9.97 Å². The Morgan fingerprint density at radius 2 is 0.953 bits per heavy atom. The fourth-order valence-electron chi connectivity index (χ4n) is 7.16. The number of aromatic nitrogens is 6. The van der Waals surface area contributed by atoms with Crippen LogP contribution in [-0.4, -0.2) is 47.8 Å². The number of nitrogen functional groups attached to an aromatic ring is 4. The summed E-state index contributed by atoms with van der Waals surface area (Å²) in [5, 5.41) is 9.64. The molecule has 4 aromatic heterocycles. The minimum Gasteiger partial charge on any atom is -0.399 e. The molecule has 14 heteroatoms. The quantitative estimate of drug-likeness (QED) is 0.0973. The van der Waals surface area contributed by atoms with Gasteiger partial charge in [-0.05, 0) is 116 Å². The first-order chi connectivity index (χ1) is 30.7. The van der Waals surface area contributed by atoms with Crippen molar-refractivity contribution in [1.29, 1.82) is 0 Å². The van der Waals surface area contributed by atoms with Gasteiger partial charge in [0, 0.05) is 34.6 Å². The molecule has 64 heavy (non-hydrogen) atoms. The zero-order chi connectivity index (χ0) is 45.3. The largest absolute Gasteiger partial charge is 0.498 e. The second kappa shape index (κ2) is 20.1. The number of halogens is 1. The lowest BCUT2D eigenvalue weighted by Gasteiger charge is -2.32. The predicted octanol–water partition coefficient (Wildman–Crippen LogP) is 8.47. The molecule has 5 heterocycles. The third kappa shape index (κ3) is 12.4. The molecule has 326 valence electrons. The Labute approximate surface area is 380 Å². The Bertz CT molecular complexity index is 2720. The Kier molecular flexibility index (Phi) is 14.1.